The first-order valence-corrected chi connectivity index (χ1v) is 6.53. The van der Waals surface area contributed by atoms with Crippen LogP contribution in [0.2, 0.25) is 0 Å². The van der Waals surface area contributed by atoms with Crippen LogP contribution in [0.15, 0.2) is 11.1 Å². The summed E-state index contributed by atoms with van der Waals surface area (Å²) in [6.07, 6.45) is 4.38. The van der Waals surface area contributed by atoms with E-state index < -0.39 is 5.79 Å². The number of carbonyl (C=O) groups excluding carboxylic acids is 1. The number of rotatable bonds is 2. The van der Waals surface area contributed by atoms with Crippen LogP contribution < -0.4 is 0 Å². The fraction of sp³-hybridized carbons (Fsp3) is 0.786. The zero-order valence-electron chi connectivity index (χ0n) is 11.0. The van der Waals surface area contributed by atoms with Gasteiger partial charge >= 0.3 is 0 Å². The lowest BCUT2D eigenvalue weighted by molar-refractivity contribution is -0.203. The summed E-state index contributed by atoms with van der Waals surface area (Å²) < 4.78 is 11.8. The maximum Gasteiger partial charge on any atom is 0.174 e. The quantitative estimate of drug-likeness (QED) is 0.694. The highest BCUT2D eigenvalue weighted by molar-refractivity contribution is 5.93. The summed E-state index contributed by atoms with van der Waals surface area (Å²) in [5, 5.41) is 0. The van der Waals surface area contributed by atoms with Crippen LogP contribution in [0.25, 0.3) is 0 Å². The molecule has 1 heterocycles. The third kappa shape index (κ3) is 2.31. The standard InChI is InChI=1S/C14H22O3/c1-10(12(3)15)11(2)13-6-4-5-7-14(13)16-8-9-17-14/h13H,4-9H2,1-3H3/b11-10+. The molecule has 0 amide bonds. The van der Waals surface area contributed by atoms with E-state index in [1.165, 1.54) is 6.42 Å². The minimum Gasteiger partial charge on any atom is -0.347 e. The third-order valence-electron chi connectivity index (χ3n) is 4.22. The second kappa shape index (κ2) is 4.91. The Morgan fingerprint density at radius 2 is 1.76 bits per heavy atom. The summed E-state index contributed by atoms with van der Waals surface area (Å²) in [5.41, 5.74) is 2.02. The fourth-order valence-corrected chi connectivity index (χ4v) is 3.02. The fourth-order valence-electron chi connectivity index (χ4n) is 3.02. The van der Waals surface area contributed by atoms with Crippen molar-refractivity contribution in [2.75, 3.05) is 13.2 Å². The number of hydrogen-bond donors (Lipinski definition) is 0. The second-order valence-corrected chi connectivity index (χ2v) is 5.17. The zero-order chi connectivity index (χ0) is 12.5. The highest BCUT2D eigenvalue weighted by atomic mass is 16.7. The van der Waals surface area contributed by atoms with Gasteiger partial charge in [-0.05, 0) is 39.2 Å². The molecule has 0 aromatic heterocycles. The molecule has 2 aliphatic rings. The summed E-state index contributed by atoms with van der Waals surface area (Å²) in [7, 11) is 0. The molecule has 0 aromatic rings. The van der Waals surface area contributed by atoms with Crippen LogP contribution in [0.3, 0.4) is 0 Å². The summed E-state index contributed by atoms with van der Waals surface area (Å²) in [6.45, 7) is 6.96. The Morgan fingerprint density at radius 1 is 1.12 bits per heavy atom. The molecule has 1 aliphatic carbocycles. The molecule has 0 N–H and O–H groups in total. The van der Waals surface area contributed by atoms with Crippen LogP contribution >= 0.6 is 0 Å². The maximum absolute atomic E-state index is 11.5. The van der Waals surface area contributed by atoms with Crippen molar-refractivity contribution < 1.29 is 14.3 Å². The first-order chi connectivity index (χ1) is 8.07. The third-order valence-corrected chi connectivity index (χ3v) is 4.22. The van der Waals surface area contributed by atoms with Crippen LogP contribution in [-0.4, -0.2) is 24.8 Å². The van der Waals surface area contributed by atoms with Crippen molar-refractivity contribution in [2.24, 2.45) is 5.92 Å². The summed E-state index contributed by atoms with van der Waals surface area (Å²) >= 11 is 0. The number of Topliss-reactive ketones (excluding diaryl/α,β-unsaturated/α-hetero) is 1. The Morgan fingerprint density at radius 3 is 2.35 bits per heavy atom. The number of carbonyl (C=O) groups is 1. The van der Waals surface area contributed by atoms with E-state index in [0.717, 1.165) is 30.4 Å². The molecule has 3 nitrogen and oxygen atoms in total. The molecule has 96 valence electrons. The minimum absolute atomic E-state index is 0.154. The van der Waals surface area contributed by atoms with Gasteiger partial charge in [-0.2, -0.15) is 0 Å². The van der Waals surface area contributed by atoms with Crippen molar-refractivity contribution in [3.05, 3.63) is 11.1 Å². The van der Waals surface area contributed by atoms with Gasteiger partial charge in [-0.15, -0.1) is 0 Å². The lowest BCUT2D eigenvalue weighted by Crippen LogP contribution is -2.42. The van der Waals surface area contributed by atoms with Crippen molar-refractivity contribution in [1.29, 1.82) is 0 Å². The van der Waals surface area contributed by atoms with E-state index in [1.54, 1.807) is 6.92 Å². The lowest BCUT2D eigenvalue weighted by atomic mass is 9.77. The van der Waals surface area contributed by atoms with Crippen molar-refractivity contribution in [3.8, 4) is 0 Å². The molecular weight excluding hydrogens is 216 g/mol. The Balaban J connectivity index is 2.28. The van der Waals surface area contributed by atoms with Crippen LogP contribution in [0.1, 0.15) is 46.5 Å². The maximum atomic E-state index is 11.5. The Labute approximate surface area is 103 Å². The van der Waals surface area contributed by atoms with Crippen LogP contribution in [-0.2, 0) is 14.3 Å². The number of ketones is 1. The van der Waals surface area contributed by atoms with Crippen molar-refractivity contribution in [3.63, 3.8) is 0 Å². The Kier molecular flexibility index (Phi) is 3.69. The second-order valence-electron chi connectivity index (χ2n) is 5.17. The van der Waals surface area contributed by atoms with Gasteiger partial charge in [0.2, 0.25) is 0 Å². The van der Waals surface area contributed by atoms with E-state index in [0.29, 0.717) is 13.2 Å². The molecular formula is C14H22O3. The average molecular weight is 238 g/mol. The van der Waals surface area contributed by atoms with Crippen LogP contribution in [0.4, 0.5) is 0 Å². The van der Waals surface area contributed by atoms with E-state index in [4.69, 9.17) is 9.47 Å². The molecule has 1 unspecified atom stereocenters. The van der Waals surface area contributed by atoms with Crippen LogP contribution in [0.5, 0.6) is 0 Å². The van der Waals surface area contributed by atoms with Crippen molar-refractivity contribution in [1.82, 2.24) is 0 Å². The molecule has 1 aliphatic heterocycles. The Bertz CT molecular complexity index is 337. The highest BCUT2D eigenvalue weighted by Crippen LogP contribution is 2.44. The van der Waals surface area contributed by atoms with Gasteiger partial charge in [0.15, 0.2) is 11.6 Å². The Hall–Kier alpha value is -0.670. The molecule has 1 saturated carbocycles. The van der Waals surface area contributed by atoms with Gasteiger partial charge in [0.25, 0.3) is 0 Å². The average Bonchev–Trinajstić information content (AvgIpc) is 2.77. The number of hydrogen-bond acceptors (Lipinski definition) is 3. The predicted molar refractivity (Wildman–Crippen MR) is 65.6 cm³/mol. The molecule has 2 rings (SSSR count). The van der Waals surface area contributed by atoms with E-state index in [2.05, 4.69) is 6.92 Å². The highest BCUT2D eigenvalue weighted by Gasteiger charge is 2.46. The lowest BCUT2D eigenvalue weighted by Gasteiger charge is -2.40. The van der Waals surface area contributed by atoms with Crippen molar-refractivity contribution >= 4 is 5.78 Å². The van der Waals surface area contributed by atoms with Gasteiger partial charge < -0.3 is 9.47 Å². The first-order valence-electron chi connectivity index (χ1n) is 6.53. The summed E-state index contributed by atoms with van der Waals surface area (Å²) in [6, 6.07) is 0. The largest absolute Gasteiger partial charge is 0.347 e. The predicted octanol–water partition coefficient (Wildman–Crippen LogP) is 2.85. The SMILES string of the molecule is CC(=O)/C(C)=C(\C)C1CCCCC12OCCO2. The molecule has 1 spiro atoms. The van der Waals surface area contributed by atoms with Crippen LogP contribution in [0, 0.1) is 5.92 Å². The first kappa shape index (κ1) is 12.8. The van der Waals surface area contributed by atoms with E-state index in [-0.39, 0.29) is 11.7 Å². The molecule has 2 fully saturated rings. The zero-order valence-corrected chi connectivity index (χ0v) is 11.0. The molecule has 0 bridgehead atoms. The van der Waals surface area contributed by atoms with Gasteiger partial charge in [0, 0.05) is 12.3 Å². The minimum atomic E-state index is -0.432. The molecule has 1 saturated heterocycles. The molecule has 0 radical (unpaired) electrons. The van der Waals surface area contributed by atoms with Gasteiger partial charge in [0.05, 0.1) is 13.2 Å². The normalized spacial score (nSPS) is 29.2. The van der Waals surface area contributed by atoms with Gasteiger partial charge in [0.1, 0.15) is 0 Å². The van der Waals surface area contributed by atoms with Gasteiger partial charge in [-0.3, -0.25) is 4.79 Å². The molecule has 1 atom stereocenters. The topological polar surface area (TPSA) is 35.5 Å². The van der Waals surface area contributed by atoms with Crippen molar-refractivity contribution in [2.45, 2.75) is 52.2 Å². The van der Waals surface area contributed by atoms with Gasteiger partial charge in [-0.25, -0.2) is 0 Å². The van der Waals surface area contributed by atoms with E-state index in [1.807, 2.05) is 6.92 Å². The molecule has 0 aromatic carbocycles. The van der Waals surface area contributed by atoms with E-state index in [9.17, 15) is 4.79 Å². The number of allylic oxidation sites excluding steroid dienone is 1. The summed E-state index contributed by atoms with van der Waals surface area (Å²) in [5.74, 6) is -0.0251. The summed E-state index contributed by atoms with van der Waals surface area (Å²) in [4.78, 5) is 11.5. The number of ether oxygens (including phenoxy) is 2. The molecule has 17 heavy (non-hydrogen) atoms. The van der Waals surface area contributed by atoms with E-state index >= 15 is 0 Å². The molecule has 3 heteroatoms. The smallest absolute Gasteiger partial charge is 0.174 e. The van der Waals surface area contributed by atoms with Gasteiger partial charge in [-0.1, -0.05) is 12.0 Å². The monoisotopic (exact) mass is 238 g/mol.